The molecule has 1 aliphatic rings. The third-order valence-electron chi connectivity index (χ3n) is 2.36. The fraction of sp³-hybridized carbons (Fsp3) is 0.333. The number of halogens is 1. The van der Waals surface area contributed by atoms with Crippen molar-refractivity contribution >= 4 is 17.7 Å². The lowest BCUT2D eigenvalue weighted by Crippen LogP contribution is -1.79. The molecule has 0 unspecified atom stereocenters. The van der Waals surface area contributed by atoms with Gasteiger partial charge in [-0.15, -0.1) is 11.6 Å². The summed E-state index contributed by atoms with van der Waals surface area (Å²) in [5, 5.41) is 0. The lowest BCUT2D eigenvalue weighted by Gasteiger charge is -1.98. The van der Waals surface area contributed by atoms with Crippen molar-refractivity contribution in [3.05, 3.63) is 41.5 Å². The molecule has 68 valence electrons. The molecule has 0 aromatic heterocycles. The Kier molecular flexibility index (Phi) is 2.70. The Balaban J connectivity index is 2.16. The van der Waals surface area contributed by atoms with E-state index in [1.165, 1.54) is 24.0 Å². The summed E-state index contributed by atoms with van der Waals surface area (Å²) in [6.07, 6.45) is 6.79. The minimum absolute atomic E-state index is 0.591. The Morgan fingerprint density at radius 2 is 2.23 bits per heavy atom. The van der Waals surface area contributed by atoms with Crippen molar-refractivity contribution in [3.63, 3.8) is 0 Å². The van der Waals surface area contributed by atoms with Gasteiger partial charge in [0.1, 0.15) is 0 Å². The van der Waals surface area contributed by atoms with Gasteiger partial charge in [0.05, 0.1) is 0 Å². The fourth-order valence-electron chi connectivity index (χ4n) is 1.51. The summed E-state index contributed by atoms with van der Waals surface area (Å²) in [7, 11) is 0. The molecule has 1 aliphatic carbocycles. The van der Waals surface area contributed by atoms with Gasteiger partial charge in [0.15, 0.2) is 0 Å². The molecule has 0 heterocycles. The Morgan fingerprint density at radius 3 is 2.92 bits per heavy atom. The fourth-order valence-corrected chi connectivity index (χ4v) is 1.60. The van der Waals surface area contributed by atoms with Crippen LogP contribution in [0.15, 0.2) is 30.3 Å². The third-order valence-corrected chi connectivity index (χ3v) is 2.54. The maximum atomic E-state index is 5.58. The van der Waals surface area contributed by atoms with Gasteiger partial charge in [-0.05, 0) is 29.9 Å². The van der Waals surface area contributed by atoms with Crippen LogP contribution in [0.4, 0.5) is 0 Å². The molecule has 1 heteroatoms. The van der Waals surface area contributed by atoms with E-state index >= 15 is 0 Å². The van der Waals surface area contributed by atoms with E-state index in [2.05, 4.69) is 30.3 Å². The highest BCUT2D eigenvalue weighted by molar-refractivity contribution is 6.19. The van der Waals surface area contributed by atoms with Crippen LogP contribution in [-0.2, 0) is 0 Å². The second-order valence-corrected chi connectivity index (χ2v) is 3.81. The smallest absolute Gasteiger partial charge is 0.0407 e. The highest BCUT2D eigenvalue weighted by atomic mass is 35.5. The first kappa shape index (κ1) is 8.83. The van der Waals surface area contributed by atoms with Crippen LogP contribution >= 0.6 is 11.6 Å². The molecular weight excluding hydrogens is 180 g/mol. The van der Waals surface area contributed by atoms with Gasteiger partial charge in [-0.25, -0.2) is 0 Å². The summed E-state index contributed by atoms with van der Waals surface area (Å²) in [5.74, 6) is 1.43. The number of alkyl halides is 1. The summed E-state index contributed by atoms with van der Waals surface area (Å²) in [5.41, 5.74) is 2.75. The van der Waals surface area contributed by atoms with Gasteiger partial charge in [0.2, 0.25) is 0 Å². The predicted octanol–water partition coefficient (Wildman–Crippen LogP) is 3.82. The van der Waals surface area contributed by atoms with Crippen LogP contribution in [0.5, 0.6) is 0 Å². The quantitative estimate of drug-likeness (QED) is 0.639. The van der Waals surface area contributed by atoms with Crippen LogP contribution in [-0.4, -0.2) is 5.88 Å². The van der Waals surface area contributed by atoms with Crippen molar-refractivity contribution in [2.75, 3.05) is 5.88 Å². The van der Waals surface area contributed by atoms with E-state index in [1.807, 2.05) is 6.08 Å². The second-order valence-electron chi connectivity index (χ2n) is 3.50. The number of allylic oxidation sites excluding steroid dienone is 1. The summed E-state index contributed by atoms with van der Waals surface area (Å²) in [6, 6.07) is 8.73. The van der Waals surface area contributed by atoms with E-state index in [4.69, 9.17) is 11.6 Å². The third kappa shape index (κ3) is 2.35. The molecule has 1 aromatic carbocycles. The largest absolute Gasteiger partial charge is 0.122 e. The van der Waals surface area contributed by atoms with Crippen molar-refractivity contribution < 1.29 is 0 Å². The Labute approximate surface area is 84.2 Å². The van der Waals surface area contributed by atoms with Gasteiger partial charge >= 0.3 is 0 Å². The number of rotatable bonds is 3. The zero-order chi connectivity index (χ0) is 9.10. The van der Waals surface area contributed by atoms with Gasteiger partial charge in [-0.2, -0.15) is 0 Å². The van der Waals surface area contributed by atoms with E-state index in [0.29, 0.717) is 5.88 Å². The number of hydrogen-bond donors (Lipinski definition) is 0. The minimum atomic E-state index is 0.591. The van der Waals surface area contributed by atoms with Gasteiger partial charge in [-0.3, -0.25) is 0 Å². The van der Waals surface area contributed by atoms with E-state index in [-0.39, 0.29) is 0 Å². The van der Waals surface area contributed by atoms with Gasteiger partial charge in [0.25, 0.3) is 0 Å². The molecular formula is C12H13Cl. The summed E-state index contributed by atoms with van der Waals surface area (Å²) in [4.78, 5) is 0. The van der Waals surface area contributed by atoms with Crippen LogP contribution in [0.2, 0.25) is 0 Å². The maximum absolute atomic E-state index is 5.58. The first-order chi connectivity index (χ1) is 6.40. The Hall–Kier alpha value is -0.750. The van der Waals surface area contributed by atoms with Crippen LogP contribution in [0.25, 0.3) is 6.08 Å². The normalized spacial score (nSPS) is 16.7. The van der Waals surface area contributed by atoms with Crippen molar-refractivity contribution in [2.45, 2.75) is 18.8 Å². The maximum Gasteiger partial charge on any atom is 0.0407 e. The molecule has 0 radical (unpaired) electrons. The molecule has 0 atom stereocenters. The standard InChI is InChI=1S/C12H13Cl/c13-8-2-4-10-3-1-5-12(9-10)11-6-7-11/h1-5,9,11H,6-8H2/b4-2+. The molecule has 0 aliphatic heterocycles. The first-order valence-electron chi connectivity index (χ1n) is 4.72. The number of benzene rings is 1. The summed E-state index contributed by atoms with van der Waals surface area (Å²) in [6.45, 7) is 0. The van der Waals surface area contributed by atoms with Crippen LogP contribution in [0.3, 0.4) is 0 Å². The van der Waals surface area contributed by atoms with Gasteiger partial charge in [0, 0.05) is 5.88 Å². The van der Waals surface area contributed by atoms with Crippen molar-refractivity contribution in [2.24, 2.45) is 0 Å². The molecule has 1 aromatic rings. The predicted molar refractivity (Wildman–Crippen MR) is 58.2 cm³/mol. The molecule has 0 N–H and O–H groups in total. The molecule has 0 amide bonds. The molecule has 1 fully saturated rings. The van der Waals surface area contributed by atoms with Crippen molar-refractivity contribution in [1.29, 1.82) is 0 Å². The molecule has 0 saturated heterocycles. The minimum Gasteiger partial charge on any atom is -0.122 e. The molecule has 0 bridgehead atoms. The summed E-state index contributed by atoms with van der Waals surface area (Å²) < 4.78 is 0. The topological polar surface area (TPSA) is 0 Å². The van der Waals surface area contributed by atoms with Crippen LogP contribution < -0.4 is 0 Å². The van der Waals surface area contributed by atoms with E-state index < -0.39 is 0 Å². The van der Waals surface area contributed by atoms with Crippen LogP contribution in [0, 0.1) is 0 Å². The SMILES string of the molecule is ClC/C=C/c1cccc(C2CC2)c1. The average Bonchev–Trinajstić information content (AvgIpc) is 2.98. The molecule has 0 nitrogen and oxygen atoms in total. The van der Waals surface area contributed by atoms with Crippen LogP contribution in [0.1, 0.15) is 29.9 Å². The van der Waals surface area contributed by atoms with Crippen molar-refractivity contribution in [3.8, 4) is 0 Å². The zero-order valence-electron chi connectivity index (χ0n) is 7.54. The number of hydrogen-bond acceptors (Lipinski definition) is 0. The second kappa shape index (κ2) is 3.97. The highest BCUT2D eigenvalue weighted by Gasteiger charge is 2.22. The average molecular weight is 193 g/mol. The zero-order valence-corrected chi connectivity index (χ0v) is 8.30. The van der Waals surface area contributed by atoms with E-state index in [1.54, 1.807) is 0 Å². The molecule has 13 heavy (non-hydrogen) atoms. The van der Waals surface area contributed by atoms with E-state index in [0.717, 1.165) is 5.92 Å². The van der Waals surface area contributed by atoms with Gasteiger partial charge in [-0.1, -0.05) is 36.4 Å². The highest BCUT2D eigenvalue weighted by Crippen LogP contribution is 2.40. The van der Waals surface area contributed by atoms with E-state index in [9.17, 15) is 0 Å². The lowest BCUT2D eigenvalue weighted by atomic mass is 10.1. The first-order valence-corrected chi connectivity index (χ1v) is 5.26. The molecule has 1 saturated carbocycles. The van der Waals surface area contributed by atoms with Crippen molar-refractivity contribution in [1.82, 2.24) is 0 Å². The van der Waals surface area contributed by atoms with Gasteiger partial charge < -0.3 is 0 Å². The Morgan fingerprint density at radius 1 is 1.38 bits per heavy atom. The Bertz CT molecular complexity index is 311. The monoisotopic (exact) mass is 192 g/mol. The molecule has 2 rings (SSSR count). The lowest BCUT2D eigenvalue weighted by molar-refractivity contribution is 1.13. The summed E-state index contributed by atoms with van der Waals surface area (Å²) >= 11 is 5.58. The molecule has 0 spiro atoms.